The van der Waals surface area contributed by atoms with Crippen LogP contribution in [0, 0.1) is 24.2 Å². The molecule has 2 N–H and O–H groups in total. The summed E-state index contributed by atoms with van der Waals surface area (Å²) >= 11 is 0. The molecule has 3 heterocycles. The van der Waals surface area contributed by atoms with Crippen LogP contribution in [0.3, 0.4) is 0 Å². The third kappa shape index (κ3) is 4.84. The lowest BCUT2D eigenvalue weighted by Crippen LogP contribution is -2.46. The van der Waals surface area contributed by atoms with Crippen molar-refractivity contribution < 1.29 is 18.7 Å². The molecule has 1 atom stereocenters. The highest BCUT2D eigenvalue weighted by atomic mass is 16.4. The maximum atomic E-state index is 12.8. The molecule has 1 fully saturated rings. The summed E-state index contributed by atoms with van der Waals surface area (Å²) in [5.74, 6) is 0.931. The van der Waals surface area contributed by atoms with Crippen LogP contribution < -0.4 is 10.2 Å². The van der Waals surface area contributed by atoms with E-state index < -0.39 is 0 Å². The van der Waals surface area contributed by atoms with Gasteiger partial charge in [0, 0.05) is 19.0 Å². The summed E-state index contributed by atoms with van der Waals surface area (Å²) < 4.78 is 11.1. The van der Waals surface area contributed by atoms with Gasteiger partial charge in [0.05, 0.1) is 18.9 Å². The van der Waals surface area contributed by atoms with Crippen LogP contribution in [0.1, 0.15) is 29.7 Å². The maximum absolute atomic E-state index is 12.8. The van der Waals surface area contributed by atoms with E-state index in [0.717, 1.165) is 5.56 Å². The summed E-state index contributed by atoms with van der Waals surface area (Å²) in [6.07, 6.45) is 3.35. The van der Waals surface area contributed by atoms with Gasteiger partial charge in [-0.05, 0) is 43.9 Å². The first-order chi connectivity index (χ1) is 15.6. The minimum atomic E-state index is -0.321. The van der Waals surface area contributed by atoms with Gasteiger partial charge in [-0.1, -0.05) is 29.8 Å². The van der Waals surface area contributed by atoms with Crippen molar-refractivity contribution in [1.29, 1.82) is 5.26 Å². The number of anilines is 1. The van der Waals surface area contributed by atoms with E-state index in [0.29, 0.717) is 44.0 Å². The number of carbonyl (C=O) groups is 1. The number of aliphatic hydroxyl groups is 1. The third-order valence-corrected chi connectivity index (χ3v) is 5.77. The zero-order chi connectivity index (χ0) is 22.5. The number of hydrogen-bond acceptors (Lipinski definition) is 7. The number of aliphatic hydroxyl groups excluding tert-OH is 1. The Balaban J connectivity index is 1.34. The summed E-state index contributed by atoms with van der Waals surface area (Å²) in [6, 6.07) is 13.3. The number of hydrogen-bond donors (Lipinski definition) is 2. The van der Waals surface area contributed by atoms with Crippen molar-refractivity contribution in [3.63, 3.8) is 0 Å². The highest BCUT2D eigenvalue weighted by molar-refractivity contribution is 5.79. The van der Waals surface area contributed by atoms with E-state index in [-0.39, 0.29) is 36.1 Å². The van der Waals surface area contributed by atoms with Crippen molar-refractivity contribution in [3.8, 4) is 17.7 Å². The Morgan fingerprint density at radius 1 is 1.31 bits per heavy atom. The van der Waals surface area contributed by atoms with Crippen molar-refractivity contribution in [3.05, 3.63) is 59.5 Å². The number of aryl methyl sites for hydroxylation is 1. The van der Waals surface area contributed by atoms with Crippen LogP contribution in [0.2, 0.25) is 0 Å². The molecule has 32 heavy (non-hydrogen) atoms. The smallest absolute Gasteiger partial charge is 0.266 e. The molecule has 1 amide bonds. The number of amides is 1. The molecule has 1 saturated heterocycles. The van der Waals surface area contributed by atoms with Gasteiger partial charge in [-0.3, -0.25) is 4.79 Å². The van der Waals surface area contributed by atoms with Crippen LogP contribution in [0.5, 0.6) is 0 Å². The van der Waals surface area contributed by atoms with Gasteiger partial charge in [0.25, 0.3) is 5.89 Å². The van der Waals surface area contributed by atoms with Gasteiger partial charge in [0.15, 0.2) is 5.76 Å². The highest BCUT2D eigenvalue weighted by Crippen LogP contribution is 2.31. The number of furan rings is 1. The fourth-order valence-corrected chi connectivity index (χ4v) is 3.94. The van der Waals surface area contributed by atoms with Crippen LogP contribution in [0.4, 0.5) is 5.88 Å². The number of piperidine rings is 1. The standard InChI is InChI=1S/C24H26N4O4/c1-16-4-6-17(7-5-16)13-19(15-29)26-22(30)18-8-10-28(11-9-18)24-20(14-25)27-23(32-24)21-3-2-12-31-21/h2-7,12,18-19,29H,8-11,13,15H2,1H3,(H,26,30)/t19-/m1/s1. The van der Waals surface area contributed by atoms with Crippen LogP contribution >= 0.6 is 0 Å². The maximum Gasteiger partial charge on any atom is 0.266 e. The third-order valence-electron chi connectivity index (χ3n) is 5.77. The average molecular weight is 434 g/mol. The van der Waals surface area contributed by atoms with Gasteiger partial charge < -0.3 is 24.2 Å². The number of aromatic nitrogens is 1. The highest BCUT2D eigenvalue weighted by Gasteiger charge is 2.30. The Morgan fingerprint density at radius 2 is 2.06 bits per heavy atom. The molecule has 166 valence electrons. The number of nitrogens with one attached hydrogen (secondary N) is 1. The van der Waals surface area contributed by atoms with Gasteiger partial charge in [-0.15, -0.1) is 0 Å². The first-order valence-corrected chi connectivity index (χ1v) is 10.7. The number of carbonyl (C=O) groups excluding carboxylic acids is 1. The summed E-state index contributed by atoms with van der Waals surface area (Å²) in [5, 5.41) is 22.2. The molecule has 4 rings (SSSR count). The van der Waals surface area contributed by atoms with E-state index in [1.54, 1.807) is 12.1 Å². The second-order valence-electron chi connectivity index (χ2n) is 8.10. The minimum Gasteiger partial charge on any atom is -0.459 e. The molecule has 0 saturated carbocycles. The van der Waals surface area contributed by atoms with Crippen molar-refractivity contribution in [2.75, 3.05) is 24.6 Å². The van der Waals surface area contributed by atoms with Crippen molar-refractivity contribution >= 4 is 11.8 Å². The second kappa shape index (κ2) is 9.71. The van der Waals surface area contributed by atoms with Gasteiger partial charge in [-0.2, -0.15) is 10.2 Å². The Hall–Kier alpha value is -3.57. The van der Waals surface area contributed by atoms with Crippen molar-refractivity contribution in [2.45, 2.75) is 32.2 Å². The van der Waals surface area contributed by atoms with E-state index >= 15 is 0 Å². The molecule has 0 aliphatic carbocycles. The number of benzene rings is 1. The fraction of sp³-hybridized carbons (Fsp3) is 0.375. The van der Waals surface area contributed by atoms with Gasteiger partial charge in [-0.25, -0.2) is 0 Å². The first-order valence-electron chi connectivity index (χ1n) is 10.7. The Morgan fingerprint density at radius 3 is 2.69 bits per heavy atom. The van der Waals surface area contributed by atoms with Crippen molar-refractivity contribution in [1.82, 2.24) is 10.3 Å². The van der Waals surface area contributed by atoms with Gasteiger partial charge in [0.1, 0.15) is 6.07 Å². The van der Waals surface area contributed by atoms with Crippen LogP contribution in [0.25, 0.3) is 11.7 Å². The summed E-state index contributed by atoms with van der Waals surface area (Å²) in [7, 11) is 0. The summed E-state index contributed by atoms with van der Waals surface area (Å²) in [5.41, 5.74) is 2.46. The SMILES string of the molecule is Cc1ccc(C[C@H](CO)NC(=O)C2CCN(c3oc(-c4ccco4)nc3C#N)CC2)cc1. The minimum absolute atomic E-state index is 0.0508. The molecular weight excluding hydrogens is 408 g/mol. The lowest BCUT2D eigenvalue weighted by atomic mass is 9.95. The van der Waals surface area contributed by atoms with E-state index in [9.17, 15) is 15.2 Å². The van der Waals surface area contributed by atoms with E-state index in [4.69, 9.17) is 8.83 Å². The van der Waals surface area contributed by atoms with Gasteiger partial charge >= 0.3 is 0 Å². The van der Waals surface area contributed by atoms with Crippen molar-refractivity contribution in [2.24, 2.45) is 5.92 Å². The average Bonchev–Trinajstić information content (AvgIpc) is 3.50. The number of rotatable bonds is 7. The van der Waals surface area contributed by atoms with Crippen LogP contribution in [-0.4, -0.2) is 41.7 Å². The zero-order valence-corrected chi connectivity index (χ0v) is 18.0. The van der Waals surface area contributed by atoms with Crippen LogP contribution in [0.15, 0.2) is 51.5 Å². The monoisotopic (exact) mass is 434 g/mol. The van der Waals surface area contributed by atoms with E-state index in [2.05, 4.69) is 16.4 Å². The Labute approximate surface area is 186 Å². The zero-order valence-electron chi connectivity index (χ0n) is 18.0. The van der Waals surface area contributed by atoms with E-state index in [1.807, 2.05) is 36.1 Å². The first kappa shape index (κ1) is 21.7. The molecular formula is C24H26N4O4. The molecule has 0 spiro atoms. The topological polar surface area (TPSA) is 116 Å². The summed E-state index contributed by atoms with van der Waals surface area (Å²) in [6.45, 7) is 3.05. The molecule has 0 unspecified atom stereocenters. The quantitative estimate of drug-likeness (QED) is 0.587. The fourth-order valence-electron chi connectivity index (χ4n) is 3.94. The molecule has 2 aromatic heterocycles. The molecule has 0 bridgehead atoms. The second-order valence-corrected chi connectivity index (χ2v) is 8.10. The molecule has 0 radical (unpaired) electrons. The van der Waals surface area contributed by atoms with Gasteiger partial charge in [0.2, 0.25) is 17.5 Å². The van der Waals surface area contributed by atoms with E-state index in [1.165, 1.54) is 11.8 Å². The predicted octanol–water partition coefficient (Wildman–Crippen LogP) is 3.05. The predicted molar refractivity (Wildman–Crippen MR) is 118 cm³/mol. The lowest BCUT2D eigenvalue weighted by Gasteiger charge is -2.31. The molecule has 1 aromatic carbocycles. The number of nitriles is 1. The lowest BCUT2D eigenvalue weighted by molar-refractivity contribution is -0.126. The molecule has 8 heteroatoms. The largest absolute Gasteiger partial charge is 0.459 e. The Kier molecular flexibility index (Phi) is 6.57. The Bertz CT molecular complexity index is 1070. The normalized spacial score (nSPS) is 15.3. The molecule has 3 aromatic rings. The molecule has 1 aliphatic heterocycles. The summed E-state index contributed by atoms with van der Waals surface area (Å²) in [4.78, 5) is 19.0. The molecule has 1 aliphatic rings. The van der Waals surface area contributed by atoms with Crippen LogP contribution in [-0.2, 0) is 11.2 Å². The number of nitrogens with zero attached hydrogens (tertiary/aromatic N) is 3. The molecule has 8 nitrogen and oxygen atoms in total. The number of oxazole rings is 1.